The Morgan fingerprint density at radius 1 is 0.950 bits per heavy atom. The van der Waals surface area contributed by atoms with Crippen molar-refractivity contribution in [3.63, 3.8) is 0 Å². The molecule has 1 atom stereocenters. The lowest BCUT2D eigenvalue weighted by Gasteiger charge is -2.11. The van der Waals surface area contributed by atoms with Crippen molar-refractivity contribution in [2.75, 3.05) is 0 Å². The number of aliphatic hydroxyl groups is 1. The molecule has 0 aliphatic heterocycles. The SMILES string of the molecule is Cc1c(C(C)C)c(-c2cccc3nn(C[C@H](O)c4ccccc4)cc23)nn1-c1cc2cn(C)nc2nc1C(F)F. The molecule has 8 nitrogen and oxygen atoms in total. The number of fused-ring (bicyclic) bond motifs is 2. The monoisotopic (exact) mass is 541 g/mol. The average molecular weight is 542 g/mol. The van der Waals surface area contributed by atoms with Crippen molar-refractivity contribution in [3.8, 4) is 16.9 Å². The van der Waals surface area contributed by atoms with Crippen LogP contribution < -0.4 is 0 Å². The maximum absolute atomic E-state index is 14.2. The summed E-state index contributed by atoms with van der Waals surface area (Å²) in [5.41, 5.74) is 4.97. The third kappa shape index (κ3) is 4.44. The van der Waals surface area contributed by atoms with Crippen LogP contribution in [0.3, 0.4) is 0 Å². The van der Waals surface area contributed by atoms with Gasteiger partial charge in [0, 0.05) is 47.0 Å². The maximum atomic E-state index is 14.2. The molecule has 0 saturated heterocycles. The van der Waals surface area contributed by atoms with Crippen LogP contribution >= 0.6 is 0 Å². The van der Waals surface area contributed by atoms with E-state index < -0.39 is 12.5 Å². The Labute approximate surface area is 229 Å². The van der Waals surface area contributed by atoms with Crippen molar-refractivity contribution in [1.82, 2.24) is 34.3 Å². The van der Waals surface area contributed by atoms with E-state index in [4.69, 9.17) is 10.2 Å². The Bertz CT molecular complexity index is 1840. The molecule has 6 rings (SSSR count). The molecule has 10 heteroatoms. The van der Waals surface area contributed by atoms with Gasteiger partial charge in [-0.2, -0.15) is 15.3 Å². The molecule has 4 aromatic heterocycles. The lowest BCUT2D eigenvalue weighted by molar-refractivity contribution is 0.146. The van der Waals surface area contributed by atoms with Crippen LogP contribution in [0.5, 0.6) is 0 Å². The summed E-state index contributed by atoms with van der Waals surface area (Å²) >= 11 is 0. The van der Waals surface area contributed by atoms with Gasteiger partial charge < -0.3 is 5.11 Å². The first-order valence-electron chi connectivity index (χ1n) is 13.1. The minimum Gasteiger partial charge on any atom is -0.386 e. The van der Waals surface area contributed by atoms with Crippen LogP contribution in [0, 0.1) is 6.92 Å². The van der Waals surface area contributed by atoms with Gasteiger partial charge in [-0.05, 0) is 30.5 Å². The molecule has 0 radical (unpaired) electrons. The number of hydrogen-bond donors (Lipinski definition) is 1. The predicted octanol–water partition coefficient (Wildman–Crippen LogP) is 6.27. The van der Waals surface area contributed by atoms with Gasteiger partial charge in [0.15, 0.2) is 5.65 Å². The Morgan fingerprint density at radius 3 is 2.45 bits per heavy atom. The fraction of sp³-hybridized carbons (Fsp3) is 0.267. The van der Waals surface area contributed by atoms with E-state index in [0.29, 0.717) is 11.1 Å². The van der Waals surface area contributed by atoms with E-state index in [2.05, 4.69) is 23.9 Å². The van der Waals surface area contributed by atoms with Gasteiger partial charge in [0.1, 0.15) is 5.69 Å². The first kappa shape index (κ1) is 25.8. The van der Waals surface area contributed by atoms with E-state index in [0.717, 1.165) is 33.3 Å². The first-order valence-corrected chi connectivity index (χ1v) is 13.1. The van der Waals surface area contributed by atoms with E-state index in [1.54, 1.807) is 33.4 Å². The summed E-state index contributed by atoms with van der Waals surface area (Å²) in [6.07, 6.45) is 0.148. The minimum atomic E-state index is -2.80. The molecule has 40 heavy (non-hydrogen) atoms. The molecular formula is C30H29F2N7O. The average Bonchev–Trinajstić information content (AvgIpc) is 3.61. The number of halogens is 2. The highest BCUT2D eigenvalue weighted by Gasteiger charge is 2.26. The molecule has 0 amide bonds. The van der Waals surface area contributed by atoms with Gasteiger partial charge in [0.2, 0.25) is 0 Å². The minimum absolute atomic E-state index is 0.0686. The van der Waals surface area contributed by atoms with Crippen molar-refractivity contribution < 1.29 is 13.9 Å². The van der Waals surface area contributed by atoms with E-state index >= 15 is 0 Å². The fourth-order valence-electron chi connectivity index (χ4n) is 5.40. The molecule has 0 saturated carbocycles. The molecule has 1 N–H and O–H groups in total. The van der Waals surface area contributed by atoms with Crippen LogP contribution in [0.25, 0.3) is 38.9 Å². The first-order chi connectivity index (χ1) is 19.2. The van der Waals surface area contributed by atoms with Gasteiger partial charge in [-0.3, -0.25) is 9.36 Å². The second-order valence-corrected chi connectivity index (χ2v) is 10.3. The normalized spacial score (nSPS) is 12.8. The van der Waals surface area contributed by atoms with Crippen LogP contribution in [0.15, 0.2) is 67.0 Å². The number of benzene rings is 2. The van der Waals surface area contributed by atoms with Crippen molar-refractivity contribution in [1.29, 1.82) is 0 Å². The molecule has 4 heterocycles. The molecule has 0 bridgehead atoms. The van der Waals surface area contributed by atoms with Crippen molar-refractivity contribution in [2.24, 2.45) is 7.05 Å². The predicted molar refractivity (Wildman–Crippen MR) is 150 cm³/mol. The zero-order valence-corrected chi connectivity index (χ0v) is 22.6. The van der Waals surface area contributed by atoms with E-state index in [9.17, 15) is 13.9 Å². The van der Waals surface area contributed by atoms with Gasteiger partial charge in [0.05, 0.1) is 29.5 Å². The molecule has 0 spiro atoms. The van der Waals surface area contributed by atoms with Crippen LogP contribution in [-0.2, 0) is 13.6 Å². The Morgan fingerprint density at radius 2 is 1.73 bits per heavy atom. The Kier molecular flexibility index (Phi) is 6.42. The highest BCUT2D eigenvalue weighted by molar-refractivity contribution is 5.94. The molecule has 0 aliphatic carbocycles. The van der Waals surface area contributed by atoms with Gasteiger partial charge in [0.25, 0.3) is 6.43 Å². The van der Waals surface area contributed by atoms with Gasteiger partial charge in [-0.15, -0.1) is 0 Å². The number of aryl methyl sites for hydroxylation is 1. The number of pyridine rings is 1. The topological polar surface area (TPSA) is 86.6 Å². The highest BCUT2D eigenvalue weighted by Crippen LogP contribution is 2.38. The summed E-state index contributed by atoms with van der Waals surface area (Å²) in [4.78, 5) is 4.20. The van der Waals surface area contributed by atoms with E-state index in [1.165, 1.54) is 0 Å². The standard InChI is InChI=1S/C30H29F2N7O/c1-17(2)26-18(3)39(24-13-20-14-37(4)36-30(20)33-28(24)29(31)32)35-27(26)21-11-8-12-23-22(21)15-38(34-23)16-25(40)19-9-6-5-7-10-19/h5-15,17,25,29,40H,16H2,1-4H3/t25-/m0/s1. The zero-order chi connectivity index (χ0) is 28.1. The van der Waals surface area contributed by atoms with Crippen LogP contribution in [0.1, 0.15) is 54.8 Å². The maximum Gasteiger partial charge on any atom is 0.282 e. The molecule has 0 fully saturated rings. The molecular weight excluding hydrogens is 512 g/mol. The van der Waals surface area contributed by atoms with Crippen molar-refractivity contribution in [2.45, 2.75) is 45.8 Å². The number of aromatic nitrogens is 7. The number of nitrogens with zero attached hydrogens (tertiary/aromatic N) is 7. The van der Waals surface area contributed by atoms with Crippen molar-refractivity contribution in [3.05, 3.63) is 89.5 Å². The third-order valence-corrected chi connectivity index (χ3v) is 7.19. The smallest absolute Gasteiger partial charge is 0.282 e. The van der Waals surface area contributed by atoms with Gasteiger partial charge in [-0.1, -0.05) is 56.3 Å². The fourth-order valence-corrected chi connectivity index (χ4v) is 5.40. The molecule has 0 aliphatic rings. The second-order valence-electron chi connectivity index (χ2n) is 10.3. The lowest BCUT2D eigenvalue weighted by atomic mass is 9.95. The number of alkyl halides is 2. The molecule has 6 aromatic rings. The van der Waals surface area contributed by atoms with Gasteiger partial charge >= 0.3 is 0 Å². The summed E-state index contributed by atoms with van der Waals surface area (Å²) in [6.45, 7) is 6.31. The summed E-state index contributed by atoms with van der Waals surface area (Å²) in [5, 5.41) is 26.1. The number of rotatable bonds is 7. The summed E-state index contributed by atoms with van der Waals surface area (Å²) in [5.74, 6) is 0.0686. The summed E-state index contributed by atoms with van der Waals surface area (Å²) in [6, 6.07) is 16.9. The second kappa shape index (κ2) is 9.95. The number of aliphatic hydroxyl groups excluding tert-OH is 1. The molecule has 0 unspecified atom stereocenters. The molecule has 2 aromatic carbocycles. The Balaban J connectivity index is 1.49. The van der Waals surface area contributed by atoms with Crippen molar-refractivity contribution >= 4 is 21.9 Å². The lowest BCUT2D eigenvalue weighted by Crippen LogP contribution is -2.08. The molecule has 204 valence electrons. The van der Waals surface area contributed by atoms with Crippen LogP contribution in [0.2, 0.25) is 0 Å². The van der Waals surface area contributed by atoms with Crippen LogP contribution in [0.4, 0.5) is 8.78 Å². The third-order valence-electron chi connectivity index (χ3n) is 7.19. The Hall–Kier alpha value is -4.44. The summed E-state index contributed by atoms with van der Waals surface area (Å²) < 4.78 is 33.3. The quantitative estimate of drug-likeness (QED) is 0.257. The van der Waals surface area contributed by atoms with Gasteiger partial charge in [-0.25, -0.2) is 18.4 Å². The highest BCUT2D eigenvalue weighted by atomic mass is 19.3. The van der Waals surface area contributed by atoms with Crippen LogP contribution in [-0.4, -0.2) is 39.4 Å². The van der Waals surface area contributed by atoms with E-state index in [-0.39, 0.29) is 29.5 Å². The number of hydrogen-bond acceptors (Lipinski definition) is 5. The van der Waals surface area contributed by atoms with E-state index in [1.807, 2.05) is 61.7 Å². The zero-order valence-electron chi connectivity index (χ0n) is 22.6. The largest absolute Gasteiger partial charge is 0.386 e. The summed E-state index contributed by atoms with van der Waals surface area (Å²) in [7, 11) is 1.73.